The Morgan fingerprint density at radius 3 is 2.42 bits per heavy atom. The fourth-order valence-electron chi connectivity index (χ4n) is 2.23. The van der Waals surface area contributed by atoms with Crippen molar-refractivity contribution in [2.45, 2.75) is 13.3 Å². The van der Waals surface area contributed by atoms with Gasteiger partial charge in [0.15, 0.2) is 0 Å². The Balaban J connectivity index is 2.87. The average Bonchev–Trinajstić information content (AvgIpc) is 2.44. The van der Waals surface area contributed by atoms with E-state index in [1.54, 1.807) is 6.92 Å². The van der Waals surface area contributed by atoms with Gasteiger partial charge in [-0.2, -0.15) is 0 Å². The fourth-order valence-corrected chi connectivity index (χ4v) is 3.46. The highest BCUT2D eigenvalue weighted by molar-refractivity contribution is 7.92. The van der Waals surface area contributed by atoms with Crippen molar-refractivity contribution in [3.63, 3.8) is 0 Å². The number of carbonyl (C=O) groups is 1. The number of carboxylic acids is 1. The highest BCUT2D eigenvalue weighted by atomic mass is 35.5. The summed E-state index contributed by atoms with van der Waals surface area (Å²) in [6.07, 6.45) is 0.426. The summed E-state index contributed by atoms with van der Waals surface area (Å²) in [6, 6.07) is 1.48. The van der Waals surface area contributed by atoms with Crippen molar-refractivity contribution >= 4 is 44.3 Å². The van der Waals surface area contributed by atoms with Crippen LogP contribution in [0.25, 0.3) is 11.0 Å². The third-order valence-electron chi connectivity index (χ3n) is 3.29. The molecule has 0 atom stereocenters. The molecule has 24 heavy (non-hydrogen) atoms. The van der Waals surface area contributed by atoms with Gasteiger partial charge in [0.25, 0.3) is 0 Å². The van der Waals surface area contributed by atoms with Crippen molar-refractivity contribution in [3.8, 4) is 0 Å². The number of H-pyrrole nitrogens is 2. The number of fused-ring (bicyclic) bond motifs is 1. The predicted molar refractivity (Wildman–Crippen MR) is 89.4 cm³/mol. The lowest BCUT2D eigenvalue weighted by Gasteiger charge is -2.24. The van der Waals surface area contributed by atoms with Crippen LogP contribution in [0.5, 0.6) is 0 Å². The molecule has 0 aliphatic heterocycles. The first-order valence-corrected chi connectivity index (χ1v) is 8.90. The molecule has 0 radical (unpaired) electrons. The van der Waals surface area contributed by atoms with Crippen LogP contribution in [0, 0.1) is 6.92 Å². The molecule has 1 aromatic heterocycles. The van der Waals surface area contributed by atoms with Crippen LogP contribution in [0.4, 0.5) is 5.69 Å². The number of sulfonamides is 1. The molecule has 11 heteroatoms. The first-order valence-electron chi connectivity index (χ1n) is 6.67. The molecule has 1 heterocycles. The number of aryl methyl sites for hydroxylation is 1. The number of aromatic amines is 2. The zero-order valence-electron chi connectivity index (χ0n) is 12.7. The fraction of sp³-hybridized carbons (Fsp3) is 0.308. The normalized spacial score (nSPS) is 11.6. The van der Waals surface area contributed by atoms with Crippen LogP contribution >= 0.6 is 11.6 Å². The van der Waals surface area contributed by atoms with E-state index in [0.29, 0.717) is 5.56 Å². The topological polar surface area (TPSA) is 140 Å². The minimum absolute atomic E-state index is 0.00557. The molecular formula is C13H14ClN3O6S. The van der Waals surface area contributed by atoms with E-state index in [1.165, 1.54) is 6.07 Å². The van der Waals surface area contributed by atoms with E-state index in [4.69, 9.17) is 16.7 Å². The molecule has 0 saturated carbocycles. The number of halogens is 1. The lowest BCUT2D eigenvalue weighted by Crippen LogP contribution is -2.34. The smallest absolute Gasteiger partial charge is 0.314 e. The van der Waals surface area contributed by atoms with Crippen LogP contribution in [0.2, 0.25) is 5.02 Å². The Morgan fingerprint density at radius 1 is 1.29 bits per heavy atom. The SMILES string of the molecule is Cc1cc2[nH]c(=O)c(=O)[nH]c2c(N(CCC(=O)O)S(C)(=O)=O)c1Cl. The van der Waals surface area contributed by atoms with Crippen LogP contribution in [0.15, 0.2) is 15.7 Å². The maximum Gasteiger partial charge on any atom is 0.314 e. The third kappa shape index (κ3) is 3.44. The Morgan fingerprint density at radius 2 is 1.88 bits per heavy atom. The number of aliphatic carboxylic acids is 1. The molecule has 0 spiro atoms. The van der Waals surface area contributed by atoms with Gasteiger partial charge in [-0.05, 0) is 18.6 Å². The van der Waals surface area contributed by atoms with Gasteiger partial charge in [0.05, 0.1) is 34.4 Å². The highest BCUT2D eigenvalue weighted by Gasteiger charge is 2.25. The number of nitrogens with one attached hydrogen (secondary N) is 2. The summed E-state index contributed by atoms with van der Waals surface area (Å²) >= 11 is 6.21. The molecule has 0 amide bonds. The van der Waals surface area contributed by atoms with Crippen molar-refractivity contribution < 1.29 is 18.3 Å². The van der Waals surface area contributed by atoms with Crippen LogP contribution in [-0.2, 0) is 14.8 Å². The Labute approximate surface area is 140 Å². The van der Waals surface area contributed by atoms with Gasteiger partial charge in [0, 0.05) is 6.54 Å². The van der Waals surface area contributed by atoms with Crippen molar-refractivity contribution in [3.05, 3.63) is 37.4 Å². The number of benzene rings is 1. The summed E-state index contributed by atoms with van der Waals surface area (Å²) < 4.78 is 25.0. The van der Waals surface area contributed by atoms with Gasteiger partial charge in [-0.25, -0.2) is 8.42 Å². The van der Waals surface area contributed by atoms with E-state index in [0.717, 1.165) is 10.6 Å². The minimum atomic E-state index is -3.90. The van der Waals surface area contributed by atoms with Crippen molar-refractivity contribution in [1.82, 2.24) is 9.97 Å². The number of rotatable bonds is 5. The van der Waals surface area contributed by atoms with Gasteiger partial charge in [0.1, 0.15) is 0 Å². The molecule has 1 aromatic carbocycles. The number of hydrogen-bond acceptors (Lipinski definition) is 5. The summed E-state index contributed by atoms with van der Waals surface area (Å²) in [5.74, 6) is -1.20. The quantitative estimate of drug-likeness (QED) is 0.647. The number of aromatic nitrogens is 2. The van der Waals surface area contributed by atoms with Gasteiger partial charge in [-0.3, -0.25) is 18.7 Å². The molecule has 130 valence electrons. The van der Waals surface area contributed by atoms with Crippen LogP contribution in [-0.4, -0.2) is 42.3 Å². The van der Waals surface area contributed by atoms with Gasteiger partial charge < -0.3 is 15.1 Å². The number of anilines is 1. The lowest BCUT2D eigenvalue weighted by molar-refractivity contribution is -0.136. The second-order valence-electron chi connectivity index (χ2n) is 5.17. The van der Waals surface area contributed by atoms with Crippen LogP contribution in [0.1, 0.15) is 12.0 Å². The van der Waals surface area contributed by atoms with Gasteiger partial charge in [-0.15, -0.1) is 0 Å². The maximum absolute atomic E-state index is 12.1. The molecule has 9 nitrogen and oxygen atoms in total. The van der Waals surface area contributed by atoms with Crippen LogP contribution in [0.3, 0.4) is 0 Å². The van der Waals surface area contributed by atoms with E-state index in [2.05, 4.69) is 9.97 Å². The molecule has 0 bridgehead atoms. The zero-order chi connectivity index (χ0) is 18.2. The molecule has 0 saturated heterocycles. The average molecular weight is 376 g/mol. The van der Waals surface area contributed by atoms with Crippen molar-refractivity contribution in [2.75, 3.05) is 17.1 Å². The van der Waals surface area contributed by atoms with E-state index in [-0.39, 0.29) is 28.3 Å². The van der Waals surface area contributed by atoms with Gasteiger partial charge in [0.2, 0.25) is 10.0 Å². The molecule has 0 fully saturated rings. The van der Waals surface area contributed by atoms with Crippen molar-refractivity contribution in [1.29, 1.82) is 0 Å². The predicted octanol–water partition coefficient (Wildman–Crippen LogP) is 0.419. The van der Waals surface area contributed by atoms with Gasteiger partial charge >= 0.3 is 17.1 Å². The monoisotopic (exact) mass is 375 g/mol. The highest BCUT2D eigenvalue weighted by Crippen LogP contribution is 2.36. The summed E-state index contributed by atoms with van der Waals surface area (Å²) in [7, 11) is -3.90. The summed E-state index contributed by atoms with van der Waals surface area (Å²) in [4.78, 5) is 38.6. The van der Waals surface area contributed by atoms with Crippen molar-refractivity contribution in [2.24, 2.45) is 0 Å². The first kappa shape index (κ1) is 18.0. The minimum Gasteiger partial charge on any atom is -0.481 e. The molecular weight excluding hydrogens is 362 g/mol. The Kier molecular flexibility index (Phi) is 4.72. The summed E-state index contributed by atoms with van der Waals surface area (Å²) in [6.45, 7) is 1.21. The first-order chi connectivity index (χ1) is 11.0. The molecule has 2 aromatic rings. The van der Waals surface area contributed by atoms with E-state index in [9.17, 15) is 22.8 Å². The summed E-state index contributed by atoms with van der Waals surface area (Å²) in [5, 5.41) is 8.86. The second kappa shape index (κ2) is 6.29. The summed E-state index contributed by atoms with van der Waals surface area (Å²) in [5.41, 5.74) is -1.32. The molecule has 2 rings (SSSR count). The molecule has 0 unspecified atom stereocenters. The largest absolute Gasteiger partial charge is 0.481 e. The molecule has 0 aliphatic carbocycles. The number of nitrogens with zero attached hydrogens (tertiary/aromatic N) is 1. The Hall–Kier alpha value is -2.33. The second-order valence-corrected chi connectivity index (χ2v) is 7.45. The standard InChI is InChI=1S/C13H14ClN3O6S/c1-6-5-7-10(16-13(21)12(20)15-7)11(9(6)14)17(24(2,22)23)4-3-8(18)19/h5H,3-4H2,1-2H3,(H,15,20)(H,16,21)(H,18,19). The molecule has 3 N–H and O–H groups in total. The third-order valence-corrected chi connectivity index (χ3v) is 4.94. The Bertz CT molecular complexity index is 1040. The van der Waals surface area contributed by atoms with E-state index >= 15 is 0 Å². The maximum atomic E-state index is 12.1. The number of carboxylic acid groups (broad SMARTS) is 1. The lowest BCUT2D eigenvalue weighted by atomic mass is 10.1. The van der Waals surface area contributed by atoms with Gasteiger partial charge in [-0.1, -0.05) is 11.6 Å². The van der Waals surface area contributed by atoms with E-state index < -0.39 is 33.5 Å². The number of hydrogen-bond donors (Lipinski definition) is 3. The van der Waals surface area contributed by atoms with Crippen LogP contribution < -0.4 is 15.4 Å². The van der Waals surface area contributed by atoms with E-state index in [1.807, 2.05) is 0 Å². The molecule has 0 aliphatic rings. The zero-order valence-corrected chi connectivity index (χ0v) is 14.3.